The minimum Gasteiger partial charge on any atom is -0.494 e. The Morgan fingerprint density at radius 2 is 2.12 bits per heavy atom. The smallest absolute Gasteiger partial charge is 0.267 e. The molecule has 2 rings (SSSR count). The molecule has 0 aliphatic rings. The molecular formula is C17H18IN3O3. The Balaban J connectivity index is 1.76. The van der Waals surface area contributed by atoms with Crippen LogP contribution in [0, 0.1) is 3.57 Å². The van der Waals surface area contributed by atoms with Gasteiger partial charge in [-0.2, -0.15) is 0 Å². The molecule has 0 radical (unpaired) electrons. The maximum absolute atomic E-state index is 10.9. The molecule has 126 valence electrons. The molecular weight excluding hydrogens is 421 g/mol. The standard InChI is InChI=1S/C17H18IN3O3/c18-15-11-13(7-8-16(22)21-23)12-20-17(15)19-9-4-10-24-14-5-2-1-3-6-14/h1-3,5-8,11-12,23H,4,9-10H2,(H,19,20)(H,21,22)/b8-7+. The topological polar surface area (TPSA) is 83.5 Å². The third kappa shape index (κ3) is 6.17. The fourth-order valence-corrected chi connectivity index (χ4v) is 2.56. The summed E-state index contributed by atoms with van der Waals surface area (Å²) in [6.45, 7) is 1.38. The first kappa shape index (κ1) is 18.2. The third-order valence-corrected chi connectivity index (χ3v) is 3.85. The number of ether oxygens (including phenoxy) is 1. The summed E-state index contributed by atoms with van der Waals surface area (Å²) in [5, 5.41) is 11.7. The van der Waals surface area contributed by atoms with E-state index < -0.39 is 5.91 Å². The van der Waals surface area contributed by atoms with Gasteiger partial charge in [-0.1, -0.05) is 18.2 Å². The van der Waals surface area contributed by atoms with E-state index in [1.54, 1.807) is 17.8 Å². The lowest BCUT2D eigenvalue weighted by molar-refractivity contribution is -0.124. The van der Waals surface area contributed by atoms with E-state index in [2.05, 4.69) is 32.9 Å². The molecule has 0 aliphatic heterocycles. The van der Waals surface area contributed by atoms with Crippen molar-refractivity contribution in [3.63, 3.8) is 0 Å². The first-order chi connectivity index (χ1) is 11.7. The summed E-state index contributed by atoms with van der Waals surface area (Å²) >= 11 is 2.18. The Hall–Kier alpha value is -2.13. The highest BCUT2D eigenvalue weighted by Gasteiger charge is 2.02. The van der Waals surface area contributed by atoms with Crippen LogP contribution in [-0.2, 0) is 4.79 Å². The van der Waals surface area contributed by atoms with Gasteiger partial charge in [0.15, 0.2) is 0 Å². The normalized spacial score (nSPS) is 10.6. The fourth-order valence-electron chi connectivity index (χ4n) is 1.87. The molecule has 0 unspecified atom stereocenters. The lowest BCUT2D eigenvalue weighted by Crippen LogP contribution is -2.14. The predicted molar refractivity (Wildman–Crippen MR) is 101 cm³/mol. The monoisotopic (exact) mass is 439 g/mol. The number of nitrogens with one attached hydrogen (secondary N) is 2. The van der Waals surface area contributed by atoms with Crippen LogP contribution in [0.2, 0.25) is 0 Å². The van der Waals surface area contributed by atoms with E-state index in [-0.39, 0.29) is 0 Å². The van der Waals surface area contributed by atoms with Gasteiger partial charge < -0.3 is 10.1 Å². The van der Waals surface area contributed by atoms with Gasteiger partial charge in [0.2, 0.25) is 0 Å². The van der Waals surface area contributed by atoms with Gasteiger partial charge in [-0.15, -0.1) is 0 Å². The van der Waals surface area contributed by atoms with Crippen molar-refractivity contribution in [2.24, 2.45) is 0 Å². The van der Waals surface area contributed by atoms with Crippen LogP contribution < -0.4 is 15.5 Å². The van der Waals surface area contributed by atoms with Gasteiger partial charge in [-0.25, -0.2) is 10.5 Å². The Morgan fingerprint density at radius 3 is 2.83 bits per heavy atom. The largest absolute Gasteiger partial charge is 0.494 e. The van der Waals surface area contributed by atoms with E-state index in [9.17, 15) is 4.79 Å². The fraction of sp³-hybridized carbons (Fsp3) is 0.176. The number of carbonyl (C=O) groups is 1. The quantitative estimate of drug-likeness (QED) is 0.194. The lowest BCUT2D eigenvalue weighted by Gasteiger charge is -2.09. The number of anilines is 1. The van der Waals surface area contributed by atoms with Gasteiger partial charge >= 0.3 is 0 Å². The molecule has 0 bridgehead atoms. The number of hydrogen-bond acceptors (Lipinski definition) is 5. The summed E-state index contributed by atoms with van der Waals surface area (Å²) in [7, 11) is 0. The second-order valence-corrected chi connectivity index (χ2v) is 6.01. The highest BCUT2D eigenvalue weighted by molar-refractivity contribution is 14.1. The third-order valence-electron chi connectivity index (χ3n) is 3.03. The lowest BCUT2D eigenvalue weighted by atomic mass is 10.2. The number of carbonyl (C=O) groups excluding carboxylic acids is 1. The molecule has 0 saturated carbocycles. The van der Waals surface area contributed by atoms with Gasteiger partial charge in [-0.05, 0) is 58.9 Å². The van der Waals surface area contributed by atoms with Gasteiger partial charge in [-0.3, -0.25) is 10.0 Å². The number of hydroxylamine groups is 1. The Bertz CT molecular complexity index is 693. The van der Waals surface area contributed by atoms with Crippen molar-refractivity contribution in [2.45, 2.75) is 6.42 Å². The molecule has 0 atom stereocenters. The van der Waals surface area contributed by atoms with Crippen molar-refractivity contribution < 1.29 is 14.7 Å². The maximum Gasteiger partial charge on any atom is 0.267 e. The van der Waals surface area contributed by atoms with Crippen LogP contribution in [0.1, 0.15) is 12.0 Å². The molecule has 24 heavy (non-hydrogen) atoms. The van der Waals surface area contributed by atoms with Crippen molar-refractivity contribution in [1.29, 1.82) is 0 Å². The van der Waals surface area contributed by atoms with E-state index >= 15 is 0 Å². The Morgan fingerprint density at radius 1 is 1.33 bits per heavy atom. The second-order valence-electron chi connectivity index (χ2n) is 4.85. The number of benzene rings is 1. The van der Waals surface area contributed by atoms with E-state index in [4.69, 9.17) is 9.94 Å². The SMILES string of the molecule is O=C(/C=C/c1cnc(NCCCOc2ccccc2)c(I)c1)NO. The van der Waals surface area contributed by atoms with Crippen LogP contribution in [0.5, 0.6) is 5.75 Å². The average molecular weight is 439 g/mol. The predicted octanol–water partition coefficient (Wildman–Crippen LogP) is 3.09. The first-order valence-electron chi connectivity index (χ1n) is 7.38. The van der Waals surface area contributed by atoms with Crippen LogP contribution in [0.15, 0.2) is 48.7 Å². The van der Waals surface area contributed by atoms with Crippen molar-refractivity contribution >= 4 is 40.4 Å². The number of nitrogens with zero attached hydrogens (tertiary/aromatic N) is 1. The highest BCUT2D eigenvalue weighted by atomic mass is 127. The van der Waals surface area contributed by atoms with Gasteiger partial charge in [0.1, 0.15) is 11.6 Å². The minimum absolute atomic E-state index is 0.578. The summed E-state index contributed by atoms with van der Waals surface area (Å²) in [5.41, 5.74) is 2.32. The van der Waals surface area contributed by atoms with E-state index in [0.29, 0.717) is 6.61 Å². The zero-order valence-electron chi connectivity index (χ0n) is 12.9. The van der Waals surface area contributed by atoms with Crippen LogP contribution in [-0.4, -0.2) is 29.3 Å². The van der Waals surface area contributed by atoms with Crippen LogP contribution in [0.25, 0.3) is 6.08 Å². The number of halogens is 1. The summed E-state index contributed by atoms with van der Waals surface area (Å²) in [5.74, 6) is 1.08. The Labute approximate surface area is 154 Å². The molecule has 1 heterocycles. The average Bonchev–Trinajstić information content (AvgIpc) is 2.61. The molecule has 3 N–H and O–H groups in total. The molecule has 6 nitrogen and oxygen atoms in total. The molecule has 1 aromatic heterocycles. The summed E-state index contributed by atoms with van der Waals surface area (Å²) in [4.78, 5) is 15.3. The highest BCUT2D eigenvalue weighted by Crippen LogP contribution is 2.17. The molecule has 0 aliphatic carbocycles. The number of para-hydroxylation sites is 1. The molecule has 7 heteroatoms. The zero-order chi connectivity index (χ0) is 17.2. The van der Waals surface area contributed by atoms with Crippen molar-refractivity contribution in [2.75, 3.05) is 18.5 Å². The first-order valence-corrected chi connectivity index (χ1v) is 8.46. The summed E-state index contributed by atoms with van der Waals surface area (Å²) in [6, 6.07) is 11.6. The maximum atomic E-state index is 10.9. The van der Waals surface area contributed by atoms with Gasteiger partial charge in [0.25, 0.3) is 5.91 Å². The second kappa shape index (κ2) is 9.89. The molecule has 1 amide bonds. The molecule has 0 saturated heterocycles. The van der Waals surface area contributed by atoms with Crippen molar-refractivity contribution in [3.8, 4) is 5.75 Å². The van der Waals surface area contributed by atoms with E-state index in [1.165, 1.54) is 6.08 Å². The van der Waals surface area contributed by atoms with Gasteiger partial charge in [0.05, 0.1) is 10.2 Å². The number of rotatable bonds is 8. The summed E-state index contributed by atoms with van der Waals surface area (Å²) in [6.07, 6.45) is 5.33. The minimum atomic E-state index is -0.578. The number of amides is 1. The van der Waals surface area contributed by atoms with Crippen LogP contribution in [0.4, 0.5) is 5.82 Å². The number of hydrogen-bond donors (Lipinski definition) is 3. The molecule has 0 spiro atoms. The van der Waals surface area contributed by atoms with Crippen LogP contribution in [0.3, 0.4) is 0 Å². The molecule has 1 aromatic carbocycles. The zero-order valence-corrected chi connectivity index (χ0v) is 15.1. The molecule has 0 fully saturated rings. The number of aromatic nitrogens is 1. The molecule has 2 aromatic rings. The van der Waals surface area contributed by atoms with Crippen molar-refractivity contribution in [1.82, 2.24) is 10.5 Å². The summed E-state index contributed by atoms with van der Waals surface area (Å²) < 4.78 is 6.58. The number of pyridine rings is 1. The van der Waals surface area contributed by atoms with Crippen molar-refractivity contribution in [3.05, 3.63) is 57.8 Å². The van der Waals surface area contributed by atoms with Gasteiger partial charge in [0, 0.05) is 18.8 Å². The van der Waals surface area contributed by atoms with E-state index in [1.807, 2.05) is 36.4 Å². The van der Waals surface area contributed by atoms with E-state index in [0.717, 1.165) is 33.7 Å². The Kier molecular flexibility index (Phi) is 7.50. The van der Waals surface area contributed by atoms with Crippen LogP contribution >= 0.6 is 22.6 Å².